The number of carbonyl (C=O) groups excluding carboxylic acids is 1. The van der Waals surface area contributed by atoms with Crippen molar-refractivity contribution in [1.82, 2.24) is 4.98 Å². The molecule has 0 radical (unpaired) electrons. The van der Waals surface area contributed by atoms with Crippen molar-refractivity contribution >= 4 is 29.0 Å². The molecule has 0 saturated carbocycles. The number of benzene rings is 1. The van der Waals surface area contributed by atoms with Gasteiger partial charge in [0.2, 0.25) is 0 Å². The highest BCUT2D eigenvalue weighted by molar-refractivity contribution is 6.31. The van der Waals surface area contributed by atoms with Crippen LogP contribution in [0.4, 0.5) is 4.39 Å². The Labute approximate surface area is 131 Å². The van der Waals surface area contributed by atoms with Crippen LogP contribution >= 0.6 is 23.2 Å². The van der Waals surface area contributed by atoms with Crippen LogP contribution in [-0.2, 0) is 5.54 Å². The van der Waals surface area contributed by atoms with E-state index < -0.39 is 17.1 Å². The third-order valence-corrected chi connectivity index (χ3v) is 3.82. The number of hydrogen-bond donors (Lipinski definition) is 1. The highest BCUT2D eigenvalue weighted by Gasteiger charge is 2.33. The topological polar surface area (TPSA) is 56.0 Å². The molecule has 0 fully saturated rings. The summed E-state index contributed by atoms with van der Waals surface area (Å²) in [6.45, 7) is 3.22. The molecule has 0 saturated heterocycles. The molecule has 1 aromatic heterocycles. The van der Waals surface area contributed by atoms with Crippen molar-refractivity contribution in [2.75, 3.05) is 0 Å². The summed E-state index contributed by atoms with van der Waals surface area (Å²) in [7, 11) is 0. The minimum atomic E-state index is -1.34. The molecule has 21 heavy (non-hydrogen) atoms. The van der Waals surface area contributed by atoms with Gasteiger partial charge in [-0.2, -0.15) is 0 Å². The molecule has 2 aromatic rings. The number of nitrogens with zero attached hydrogens (tertiary/aromatic N) is 1. The number of aryl methyl sites for hydroxylation is 1. The Morgan fingerprint density at radius 1 is 1.33 bits per heavy atom. The quantitative estimate of drug-likeness (QED) is 0.687. The average Bonchev–Trinajstić information content (AvgIpc) is 2.42. The number of aromatic nitrogens is 1. The summed E-state index contributed by atoms with van der Waals surface area (Å²) < 4.78 is 13.6. The van der Waals surface area contributed by atoms with E-state index in [1.165, 1.54) is 12.3 Å². The zero-order chi connectivity index (χ0) is 15.8. The van der Waals surface area contributed by atoms with Gasteiger partial charge in [0.15, 0.2) is 5.78 Å². The van der Waals surface area contributed by atoms with E-state index in [2.05, 4.69) is 4.98 Å². The van der Waals surface area contributed by atoms with Crippen molar-refractivity contribution in [3.05, 3.63) is 63.1 Å². The lowest BCUT2D eigenvalue weighted by Crippen LogP contribution is -2.42. The molecule has 110 valence electrons. The largest absolute Gasteiger partial charge is 0.315 e. The molecular formula is C15H13Cl2FN2O. The summed E-state index contributed by atoms with van der Waals surface area (Å²) in [5, 5.41) is 0.270. The lowest BCUT2D eigenvalue weighted by molar-refractivity contribution is 0.0898. The Morgan fingerprint density at radius 3 is 2.57 bits per heavy atom. The van der Waals surface area contributed by atoms with Crippen LogP contribution < -0.4 is 5.73 Å². The number of hydrogen-bond acceptors (Lipinski definition) is 3. The van der Waals surface area contributed by atoms with Gasteiger partial charge in [-0.3, -0.25) is 4.79 Å². The minimum Gasteiger partial charge on any atom is -0.315 e. The number of halogens is 3. The standard InChI is InChI=1S/C15H13Cl2FN2O/c1-8-5-11(16)12(18)6-10(8)14(21)15(2,19)9-3-4-13(17)20-7-9/h3-7H,19H2,1-2H3. The number of Topliss-reactive ketones (excluding diaryl/α,β-unsaturated/α-hetero) is 1. The monoisotopic (exact) mass is 326 g/mol. The first kappa shape index (κ1) is 15.9. The van der Waals surface area contributed by atoms with E-state index in [4.69, 9.17) is 28.9 Å². The van der Waals surface area contributed by atoms with E-state index in [-0.39, 0.29) is 10.6 Å². The number of ketones is 1. The predicted molar refractivity (Wildman–Crippen MR) is 81.3 cm³/mol. The van der Waals surface area contributed by atoms with Crippen molar-refractivity contribution in [2.24, 2.45) is 5.73 Å². The highest BCUT2D eigenvalue weighted by atomic mass is 35.5. The maximum Gasteiger partial charge on any atom is 0.187 e. The van der Waals surface area contributed by atoms with Gasteiger partial charge in [-0.05, 0) is 43.2 Å². The van der Waals surface area contributed by atoms with Gasteiger partial charge in [0, 0.05) is 11.8 Å². The van der Waals surface area contributed by atoms with Gasteiger partial charge in [0.05, 0.1) is 5.02 Å². The van der Waals surface area contributed by atoms with Gasteiger partial charge in [-0.15, -0.1) is 0 Å². The summed E-state index contributed by atoms with van der Waals surface area (Å²) in [6, 6.07) is 5.67. The van der Waals surface area contributed by atoms with Crippen molar-refractivity contribution in [3.8, 4) is 0 Å². The summed E-state index contributed by atoms with van der Waals surface area (Å²) in [6.07, 6.45) is 1.43. The van der Waals surface area contributed by atoms with Crippen LogP contribution in [0, 0.1) is 12.7 Å². The number of carbonyl (C=O) groups is 1. The maximum absolute atomic E-state index is 13.6. The third kappa shape index (κ3) is 3.07. The molecule has 0 aliphatic rings. The van der Waals surface area contributed by atoms with Crippen LogP contribution in [0.1, 0.15) is 28.4 Å². The van der Waals surface area contributed by atoms with Crippen LogP contribution in [0.5, 0.6) is 0 Å². The molecular weight excluding hydrogens is 314 g/mol. The minimum absolute atomic E-state index is 0.0315. The van der Waals surface area contributed by atoms with Gasteiger partial charge >= 0.3 is 0 Å². The lowest BCUT2D eigenvalue weighted by Gasteiger charge is -2.24. The number of pyridine rings is 1. The van der Waals surface area contributed by atoms with Gasteiger partial charge in [-0.25, -0.2) is 9.37 Å². The molecule has 0 amide bonds. The first-order chi connectivity index (χ1) is 9.73. The van der Waals surface area contributed by atoms with Crippen LogP contribution in [0.15, 0.2) is 30.5 Å². The first-order valence-corrected chi connectivity index (χ1v) is 6.90. The molecule has 1 heterocycles. The molecule has 2 rings (SSSR count). The summed E-state index contributed by atoms with van der Waals surface area (Å²) >= 11 is 11.4. The maximum atomic E-state index is 13.6. The van der Waals surface area contributed by atoms with E-state index in [0.29, 0.717) is 16.3 Å². The van der Waals surface area contributed by atoms with Gasteiger partial charge in [-0.1, -0.05) is 29.3 Å². The normalized spacial score (nSPS) is 13.8. The molecule has 2 N–H and O–H groups in total. The zero-order valence-electron chi connectivity index (χ0n) is 11.5. The second kappa shape index (κ2) is 5.72. The van der Waals surface area contributed by atoms with E-state index in [1.807, 2.05) is 0 Å². The summed E-state index contributed by atoms with van der Waals surface area (Å²) in [5.74, 6) is -1.07. The molecule has 0 aliphatic heterocycles. The summed E-state index contributed by atoms with van der Waals surface area (Å²) in [5.41, 5.74) is 6.03. The van der Waals surface area contributed by atoms with Crippen LogP contribution in [0.3, 0.4) is 0 Å². The van der Waals surface area contributed by atoms with E-state index in [1.54, 1.807) is 26.0 Å². The number of nitrogens with two attached hydrogens (primary N) is 1. The highest BCUT2D eigenvalue weighted by Crippen LogP contribution is 2.27. The van der Waals surface area contributed by atoms with Gasteiger partial charge in [0.25, 0.3) is 0 Å². The fraction of sp³-hybridized carbons (Fsp3) is 0.200. The molecule has 1 unspecified atom stereocenters. The first-order valence-electron chi connectivity index (χ1n) is 6.15. The molecule has 1 atom stereocenters. The fourth-order valence-electron chi connectivity index (χ4n) is 1.98. The van der Waals surface area contributed by atoms with Crippen molar-refractivity contribution in [1.29, 1.82) is 0 Å². The lowest BCUT2D eigenvalue weighted by atomic mass is 9.85. The van der Waals surface area contributed by atoms with E-state index in [0.717, 1.165) is 6.07 Å². The third-order valence-electron chi connectivity index (χ3n) is 3.31. The van der Waals surface area contributed by atoms with Crippen LogP contribution in [0.25, 0.3) is 0 Å². The SMILES string of the molecule is Cc1cc(Cl)c(F)cc1C(=O)C(C)(N)c1ccc(Cl)nc1. The Kier molecular flexibility index (Phi) is 4.33. The van der Waals surface area contributed by atoms with E-state index >= 15 is 0 Å². The average molecular weight is 327 g/mol. The van der Waals surface area contributed by atoms with Crippen LogP contribution in [-0.4, -0.2) is 10.8 Å². The fourth-order valence-corrected chi connectivity index (χ4v) is 2.31. The molecule has 0 spiro atoms. The summed E-state index contributed by atoms with van der Waals surface area (Å²) in [4.78, 5) is 16.6. The predicted octanol–water partition coefficient (Wildman–Crippen LogP) is 3.89. The second-order valence-electron chi connectivity index (χ2n) is 4.98. The molecule has 0 aliphatic carbocycles. The second-order valence-corrected chi connectivity index (χ2v) is 5.78. The molecule has 0 bridgehead atoms. The Balaban J connectivity index is 2.47. The number of rotatable bonds is 3. The van der Waals surface area contributed by atoms with Crippen molar-refractivity contribution in [3.63, 3.8) is 0 Å². The Morgan fingerprint density at radius 2 is 2.00 bits per heavy atom. The van der Waals surface area contributed by atoms with E-state index in [9.17, 15) is 9.18 Å². The van der Waals surface area contributed by atoms with Crippen molar-refractivity contribution in [2.45, 2.75) is 19.4 Å². The molecule has 6 heteroatoms. The smallest absolute Gasteiger partial charge is 0.187 e. The van der Waals surface area contributed by atoms with Gasteiger partial charge in [0.1, 0.15) is 16.5 Å². The van der Waals surface area contributed by atoms with Gasteiger partial charge < -0.3 is 5.73 Å². The molecule has 1 aromatic carbocycles. The van der Waals surface area contributed by atoms with Crippen LogP contribution in [0.2, 0.25) is 10.2 Å². The Bertz CT molecular complexity index is 700. The molecule has 3 nitrogen and oxygen atoms in total. The van der Waals surface area contributed by atoms with Crippen molar-refractivity contribution < 1.29 is 9.18 Å². The zero-order valence-corrected chi connectivity index (χ0v) is 13.0. The Hall–Kier alpha value is -1.49.